The number of anilines is 2. The highest BCUT2D eigenvalue weighted by Gasteiger charge is 2.30. The van der Waals surface area contributed by atoms with Gasteiger partial charge in [0, 0.05) is 17.0 Å². The van der Waals surface area contributed by atoms with E-state index in [1.54, 1.807) is 12.1 Å². The van der Waals surface area contributed by atoms with Crippen molar-refractivity contribution in [2.75, 3.05) is 17.7 Å². The van der Waals surface area contributed by atoms with Gasteiger partial charge in [-0.1, -0.05) is 11.6 Å². The topological polar surface area (TPSA) is 67.4 Å². The maximum atomic E-state index is 12.6. The predicted molar refractivity (Wildman–Crippen MR) is 101 cm³/mol. The van der Waals surface area contributed by atoms with Crippen molar-refractivity contribution in [1.29, 1.82) is 0 Å². The fourth-order valence-electron chi connectivity index (χ4n) is 2.45. The van der Waals surface area contributed by atoms with Crippen LogP contribution in [0.2, 0.25) is 5.02 Å². The number of aryl methyl sites for hydroxylation is 2. The van der Waals surface area contributed by atoms with Crippen LogP contribution in [0.15, 0.2) is 18.2 Å². The Kier molecular flexibility index (Phi) is 5.01. The smallest absolute Gasteiger partial charge is 0.266 e. The summed E-state index contributed by atoms with van der Waals surface area (Å²) in [5.74, 6) is 0.416. The first kappa shape index (κ1) is 17.8. The minimum Gasteiger partial charge on any atom is -0.495 e. The van der Waals surface area contributed by atoms with Gasteiger partial charge in [0.25, 0.3) is 5.91 Å². The molecule has 1 fully saturated rings. The third-order valence-corrected chi connectivity index (χ3v) is 5.61. The highest BCUT2D eigenvalue weighted by molar-refractivity contribution is 7.18. The zero-order valence-electron chi connectivity index (χ0n) is 14.2. The molecule has 1 aromatic heterocycles. The number of hydrogen-bond acceptors (Lipinski definition) is 4. The highest BCUT2D eigenvalue weighted by Crippen LogP contribution is 2.34. The molecule has 5 nitrogen and oxygen atoms in total. The molecule has 2 amide bonds. The van der Waals surface area contributed by atoms with Gasteiger partial charge >= 0.3 is 0 Å². The Balaban J connectivity index is 1.78. The largest absolute Gasteiger partial charge is 0.495 e. The summed E-state index contributed by atoms with van der Waals surface area (Å²) in [7, 11) is 1.53. The van der Waals surface area contributed by atoms with Crippen LogP contribution in [0.4, 0.5) is 10.7 Å². The first-order valence-corrected chi connectivity index (χ1v) is 9.15. The Morgan fingerprint density at radius 2 is 1.88 bits per heavy atom. The van der Waals surface area contributed by atoms with Gasteiger partial charge in [-0.25, -0.2) is 0 Å². The number of benzene rings is 1. The lowest BCUT2D eigenvalue weighted by Gasteiger charge is -2.12. The first-order valence-electron chi connectivity index (χ1n) is 7.96. The Morgan fingerprint density at radius 3 is 2.52 bits per heavy atom. The molecule has 2 aromatic rings. The molecule has 0 unspecified atom stereocenters. The molecule has 25 heavy (non-hydrogen) atoms. The van der Waals surface area contributed by atoms with Gasteiger partial charge in [-0.15, -0.1) is 11.3 Å². The van der Waals surface area contributed by atoms with Gasteiger partial charge in [-0.05, 0) is 49.9 Å². The number of thiophene rings is 1. The number of carbonyl (C=O) groups is 2. The summed E-state index contributed by atoms with van der Waals surface area (Å²) in [5, 5.41) is 7.01. The first-order chi connectivity index (χ1) is 11.9. The van der Waals surface area contributed by atoms with Crippen molar-refractivity contribution in [2.24, 2.45) is 5.92 Å². The number of ether oxygens (including phenoxy) is 1. The van der Waals surface area contributed by atoms with Crippen LogP contribution in [0.3, 0.4) is 0 Å². The molecule has 3 rings (SSSR count). The molecule has 1 saturated carbocycles. The molecule has 0 saturated heterocycles. The summed E-state index contributed by atoms with van der Waals surface area (Å²) in [6, 6.07) is 5.27. The standard InChI is InChI=1S/C18H19ClN2O3S/c1-9-6-13(14(24-3)8-12(9)19)20-18(23)16-10(2)7-15(25-16)21-17(22)11-4-5-11/h6-8,11H,4-5H2,1-3H3,(H,20,23)(H,21,22). The van der Waals surface area contributed by atoms with Crippen LogP contribution >= 0.6 is 22.9 Å². The van der Waals surface area contributed by atoms with Crippen molar-refractivity contribution >= 4 is 45.4 Å². The molecule has 0 aliphatic heterocycles. The summed E-state index contributed by atoms with van der Waals surface area (Å²) in [4.78, 5) is 25.1. The van der Waals surface area contributed by atoms with Gasteiger partial charge in [0.15, 0.2) is 0 Å². The van der Waals surface area contributed by atoms with Gasteiger partial charge < -0.3 is 15.4 Å². The zero-order valence-corrected chi connectivity index (χ0v) is 15.8. The summed E-state index contributed by atoms with van der Waals surface area (Å²) >= 11 is 7.37. The van der Waals surface area contributed by atoms with Crippen molar-refractivity contribution < 1.29 is 14.3 Å². The van der Waals surface area contributed by atoms with Gasteiger partial charge in [-0.2, -0.15) is 0 Å². The van der Waals surface area contributed by atoms with E-state index in [1.807, 2.05) is 19.9 Å². The van der Waals surface area contributed by atoms with E-state index in [0.29, 0.717) is 26.3 Å². The van der Waals surface area contributed by atoms with Crippen molar-refractivity contribution in [3.63, 3.8) is 0 Å². The number of amides is 2. The molecule has 2 N–H and O–H groups in total. The summed E-state index contributed by atoms with van der Waals surface area (Å²) < 4.78 is 5.29. The molecule has 0 spiro atoms. The molecule has 0 radical (unpaired) electrons. The van der Waals surface area contributed by atoms with Crippen LogP contribution < -0.4 is 15.4 Å². The van der Waals surface area contributed by atoms with E-state index in [0.717, 1.165) is 24.0 Å². The maximum absolute atomic E-state index is 12.6. The summed E-state index contributed by atoms with van der Waals surface area (Å²) in [6.07, 6.45) is 1.89. The Bertz CT molecular complexity index is 843. The summed E-state index contributed by atoms with van der Waals surface area (Å²) in [6.45, 7) is 3.71. The van der Waals surface area contributed by atoms with Crippen LogP contribution in [-0.2, 0) is 4.79 Å². The second-order valence-corrected chi connectivity index (χ2v) is 7.60. The Hall–Kier alpha value is -2.05. The van der Waals surface area contributed by atoms with E-state index >= 15 is 0 Å². The van der Waals surface area contributed by atoms with Crippen LogP contribution in [0.1, 0.15) is 33.6 Å². The molecule has 0 bridgehead atoms. The Labute approximate surface area is 155 Å². The number of carbonyl (C=O) groups excluding carboxylic acids is 2. The van der Waals surface area contributed by atoms with Crippen LogP contribution in [0, 0.1) is 19.8 Å². The molecule has 1 aromatic carbocycles. The van der Waals surface area contributed by atoms with E-state index in [4.69, 9.17) is 16.3 Å². The van der Waals surface area contributed by atoms with Gasteiger partial charge in [0.1, 0.15) is 5.75 Å². The van der Waals surface area contributed by atoms with Crippen molar-refractivity contribution in [2.45, 2.75) is 26.7 Å². The molecule has 1 aliphatic carbocycles. The average molecular weight is 379 g/mol. The van der Waals surface area contributed by atoms with E-state index in [-0.39, 0.29) is 17.7 Å². The molecule has 0 atom stereocenters. The minimum absolute atomic E-state index is 0.0307. The molecular formula is C18H19ClN2O3S. The van der Waals surface area contributed by atoms with E-state index in [2.05, 4.69) is 10.6 Å². The Morgan fingerprint density at radius 1 is 1.16 bits per heavy atom. The molecule has 132 valence electrons. The minimum atomic E-state index is -0.241. The van der Waals surface area contributed by atoms with Crippen LogP contribution in [-0.4, -0.2) is 18.9 Å². The van der Waals surface area contributed by atoms with E-state index in [1.165, 1.54) is 18.4 Å². The van der Waals surface area contributed by atoms with E-state index in [9.17, 15) is 9.59 Å². The van der Waals surface area contributed by atoms with Gasteiger partial charge in [-0.3, -0.25) is 9.59 Å². The highest BCUT2D eigenvalue weighted by atomic mass is 35.5. The average Bonchev–Trinajstić information content (AvgIpc) is 3.34. The quantitative estimate of drug-likeness (QED) is 0.797. The maximum Gasteiger partial charge on any atom is 0.266 e. The third kappa shape index (κ3) is 3.96. The number of hydrogen-bond donors (Lipinski definition) is 2. The third-order valence-electron chi connectivity index (χ3n) is 4.05. The second kappa shape index (κ2) is 7.06. The van der Waals surface area contributed by atoms with Gasteiger partial charge in [0.2, 0.25) is 5.91 Å². The SMILES string of the molecule is COc1cc(Cl)c(C)cc1NC(=O)c1sc(NC(=O)C2CC2)cc1C. The lowest BCUT2D eigenvalue weighted by Crippen LogP contribution is -2.13. The number of halogens is 1. The lowest BCUT2D eigenvalue weighted by atomic mass is 10.2. The van der Waals surface area contributed by atoms with Gasteiger partial charge in [0.05, 0.1) is 22.7 Å². The number of rotatable bonds is 5. The zero-order chi connectivity index (χ0) is 18.1. The molecule has 7 heteroatoms. The van der Waals surface area contributed by atoms with Crippen LogP contribution in [0.5, 0.6) is 5.75 Å². The normalized spacial score (nSPS) is 13.4. The predicted octanol–water partition coefficient (Wildman–Crippen LogP) is 4.63. The lowest BCUT2D eigenvalue weighted by molar-refractivity contribution is -0.117. The number of nitrogens with one attached hydrogen (secondary N) is 2. The molecule has 1 aliphatic rings. The van der Waals surface area contributed by atoms with Crippen LogP contribution in [0.25, 0.3) is 0 Å². The molecule has 1 heterocycles. The fourth-order valence-corrected chi connectivity index (χ4v) is 3.57. The van der Waals surface area contributed by atoms with Crippen molar-refractivity contribution in [3.8, 4) is 5.75 Å². The monoisotopic (exact) mass is 378 g/mol. The second-order valence-electron chi connectivity index (χ2n) is 6.14. The molecular weight excluding hydrogens is 360 g/mol. The summed E-state index contributed by atoms with van der Waals surface area (Å²) in [5.41, 5.74) is 2.22. The van der Waals surface area contributed by atoms with E-state index < -0.39 is 0 Å². The van der Waals surface area contributed by atoms with Crippen molar-refractivity contribution in [1.82, 2.24) is 0 Å². The van der Waals surface area contributed by atoms with Crippen molar-refractivity contribution in [3.05, 3.63) is 39.2 Å². The number of methoxy groups -OCH3 is 1. The fraction of sp³-hybridized carbons (Fsp3) is 0.333.